The van der Waals surface area contributed by atoms with Crippen molar-refractivity contribution in [2.24, 2.45) is 5.92 Å². The van der Waals surface area contributed by atoms with Crippen molar-refractivity contribution in [2.45, 2.75) is 13.3 Å². The first-order valence-electron chi connectivity index (χ1n) is 5.70. The summed E-state index contributed by atoms with van der Waals surface area (Å²) in [5.41, 5.74) is 1.20. The molecule has 0 radical (unpaired) electrons. The molecule has 0 saturated heterocycles. The highest BCUT2D eigenvalue weighted by Crippen LogP contribution is 2.25. The monoisotopic (exact) mass is 225 g/mol. The van der Waals surface area contributed by atoms with Gasteiger partial charge in [0.2, 0.25) is 0 Å². The van der Waals surface area contributed by atoms with Crippen LogP contribution in [0.25, 0.3) is 10.8 Å². The van der Waals surface area contributed by atoms with Crippen LogP contribution in [0.5, 0.6) is 5.75 Å². The molecule has 0 saturated carbocycles. The number of nitrogens with zero attached hydrogens (tertiary/aromatic N) is 1. The van der Waals surface area contributed by atoms with Crippen LogP contribution < -0.4 is 4.74 Å². The van der Waals surface area contributed by atoms with E-state index >= 15 is 0 Å². The lowest BCUT2D eigenvalue weighted by Crippen LogP contribution is -1.97. The van der Waals surface area contributed by atoms with Gasteiger partial charge in [0.05, 0.1) is 13.2 Å². The quantitative estimate of drug-likeness (QED) is 0.800. The number of ether oxygens (including phenoxy) is 1. The fourth-order valence-corrected chi connectivity index (χ4v) is 2.00. The SMILES string of the molecule is COc1ccc2cccc(CC(C)C#N)c2c1. The first-order chi connectivity index (χ1) is 8.24. The van der Waals surface area contributed by atoms with Crippen molar-refractivity contribution in [3.05, 3.63) is 42.0 Å². The standard InChI is InChI=1S/C15H15NO/c1-11(10-16)8-13-5-3-4-12-6-7-14(17-2)9-15(12)13/h3-7,9,11H,8H2,1-2H3. The van der Waals surface area contributed by atoms with Gasteiger partial charge < -0.3 is 4.74 Å². The van der Waals surface area contributed by atoms with E-state index in [-0.39, 0.29) is 5.92 Å². The van der Waals surface area contributed by atoms with E-state index in [1.165, 1.54) is 16.3 Å². The Balaban J connectivity index is 2.51. The molecule has 2 aromatic carbocycles. The zero-order valence-electron chi connectivity index (χ0n) is 10.1. The third kappa shape index (κ3) is 2.39. The number of fused-ring (bicyclic) bond motifs is 1. The van der Waals surface area contributed by atoms with E-state index < -0.39 is 0 Å². The molecule has 0 aliphatic carbocycles. The molecule has 0 bridgehead atoms. The Morgan fingerprint density at radius 3 is 2.82 bits per heavy atom. The van der Waals surface area contributed by atoms with E-state index in [1.54, 1.807) is 7.11 Å². The van der Waals surface area contributed by atoms with E-state index in [9.17, 15) is 0 Å². The second-order valence-corrected chi connectivity index (χ2v) is 4.24. The fraction of sp³-hybridized carbons (Fsp3) is 0.267. The maximum atomic E-state index is 8.89. The van der Waals surface area contributed by atoms with E-state index in [1.807, 2.05) is 25.1 Å². The molecule has 1 unspecified atom stereocenters. The van der Waals surface area contributed by atoms with Gasteiger partial charge in [0.15, 0.2) is 0 Å². The second-order valence-electron chi connectivity index (χ2n) is 4.24. The second kappa shape index (κ2) is 4.88. The highest BCUT2D eigenvalue weighted by atomic mass is 16.5. The summed E-state index contributed by atoms with van der Waals surface area (Å²) in [6.45, 7) is 1.94. The summed E-state index contributed by atoms with van der Waals surface area (Å²) in [4.78, 5) is 0. The molecule has 17 heavy (non-hydrogen) atoms. The summed E-state index contributed by atoms with van der Waals surface area (Å²) in [6, 6.07) is 14.5. The van der Waals surface area contributed by atoms with Crippen LogP contribution in [-0.2, 0) is 6.42 Å². The minimum atomic E-state index is 0.0341. The van der Waals surface area contributed by atoms with Gasteiger partial charge in [0, 0.05) is 5.92 Å². The molecule has 0 heterocycles. The fourth-order valence-electron chi connectivity index (χ4n) is 2.00. The van der Waals surface area contributed by atoms with Crippen LogP contribution in [-0.4, -0.2) is 7.11 Å². The molecule has 0 aromatic heterocycles. The topological polar surface area (TPSA) is 33.0 Å². The average Bonchev–Trinajstić information content (AvgIpc) is 2.38. The lowest BCUT2D eigenvalue weighted by molar-refractivity contribution is 0.415. The third-order valence-corrected chi connectivity index (χ3v) is 2.93. The normalized spacial score (nSPS) is 12.1. The Morgan fingerprint density at radius 1 is 1.29 bits per heavy atom. The number of benzene rings is 2. The number of rotatable bonds is 3. The average molecular weight is 225 g/mol. The minimum Gasteiger partial charge on any atom is -0.497 e. The van der Waals surface area contributed by atoms with Crippen LogP contribution in [0.15, 0.2) is 36.4 Å². The highest BCUT2D eigenvalue weighted by molar-refractivity contribution is 5.87. The summed E-state index contributed by atoms with van der Waals surface area (Å²) in [7, 11) is 1.67. The Hall–Kier alpha value is -2.01. The van der Waals surface area contributed by atoms with Crippen molar-refractivity contribution in [1.29, 1.82) is 5.26 Å². The van der Waals surface area contributed by atoms with Crippen LogP contribution in [0, 0.1) is 17.2 Å². The van der Waals surface area contributed by atoms with Crippen molar-refractivity contribution in [1.82, 2.24) is 0 Å². The van der Waals surface area contributed by atoms with E-state index in [2.05, 4.69) is 24.3 Å². The summed E-state index contributed by atoms with van der Waals surface area (Å²) in [5, 5.41) is 11.3. The van der Waals surface area contributed by atoms with Crippen LogP contribution in [0.3, 0.4) is 0 Å². The molecule has 1 atom stereocenters. The first kappa shape index (κ1) is 11.5. The molecule has 2 heteroatoms. The van der Waals surface area contributed by atoms with Gasteiger partial charge in [0.25, 0.3) is 0 Å². The molecule has 0 aliphatic heterocycles. The molecule has 0 amide bonds. The van der Waals surface area contributed by atoms with Crippen LogP contribution in [0.1, 0.15) is 12.5 Å². The lowest BCUT2D eigenvalue weighted by atomic mass is 9.96. The minimum absolute atomic E-state index is 0.0341. The Morgan fingerprint density at radius 2 is 2.12 bits per heavy atom. The van der Waals surface area contributed by atoms with Crippen molar-refractivity contribution < 1.29 is 4.74 Å². The first-order valence-corrected chi connectivity index (χ1v) is 5.70. The van der Waals surface area contributed by atoms with Gasteiger partial charge in [-0.25, -0.2) is 0 Å². The smallest absolute Gasteiger partial charge is 0.119 e. The third-order valence-electron chi connectivity index (χ3n) is 2.93. The van der Waals surface area contributed by atoms with Gasteiger partial charge >= 0.3 is 0 Å². The molecule has 0 aliphatic rings. The Kier molecular flexibility index (Phi) is 3.30. The summed E-state index contributed by atoms with van der Waals surface area (Å²) >= 11 is 0. The summed E-state index contributed by atoms with van der Waals surface area (Å²) < 4.78 is 5.24. The van der Waals surface area contributed by atoms with E-state index in [0.29, 0.717) is 0 Å². The van der Waals surface area contributed by atoms with Crippen molar-refractivity contribution in [3.8, 4) is 11.8 Å². The Bertz CT molecular complexity index is 569. The summed E-state index contributed by atoms with van der Waals surface area (Å²) in [5.74, 6) is 0.890. The highest BCUT2D eigenvalue weighted by Gasteiger charge is 2.06. The van der Waals surface area contributed by atoms with Gasteiger partial charge in [-0.05, 0) is 41.8 Å². The van der Waals surface area contributed by atoms with Crippen LogP contribution >= 0.6 is 0 Å². The maximum absolute atomic E-state index is 8.89. The Labute approximate surface area is 101 Å². The number of hydrogen-bond acceptors (Lipinski definition) is 2. The molecule has 2 rings (SSSR count). The maximum Gasteiger partial charge on any atom is 0.119 e. The van der Waals surface area contributed by atoms with Gasteiger partial charge in [0.1, 0.15) is 5.75 Å². The molecule has 0 fully saturated rings. The van der Waals surface area contributed by atoms with E-state index in [4.69, 9.17) is 10.00 Å². The molecule has 2 nitrogen and oxygen atoms in total. The van der Waals surface area contributed by atoms with Gasteiger partial charge in [-0.15, -0.1) is 0 Å². The molecule has 0 spiro atoms. The number of hydrogen-bond donors (Lipinski definition) is 0. The van der Waals surface area contributed by atoms with Crippen molar-refractivity contribution >= 4 is 10.8 Å². The molecular formula is C15H15NO. The number of nitriles is 1. The molecule has 2 aromatic rings. The molecule has 86 valence electrons. The zero-order chi connectivity index (χ0) is 12.3. The van der Waals surface area contributed by atoms with E-state index in [0.717, 1.165) is 12.2 Å². The summed E-state index contributed by atoms with van der Waals surface area (Å²) in [6.07, 6.45) is 0.779. The van der Waals surface area contributed by atoms with Gasteiger partial charge in [-0.1, -0.05) is 24.3 Å². The van der Waals surface area contributed by atoms with Crippen LogP contribution in [0.2, 0.25) is 0 Å². The van der Waals surface area contributed by atoms with Crippen molar-refractivity contribution in [2.75, 3.05) is 7.11 Å². The number of methoxy groups -OCH3 is 1. The predicted molar refractivity (Wildman–Crippen MR) is 69.0 cm³/mol. The van der Waals surface area contributed by atoms with Gasteiger partial charge in [-0.2, -0.15) is 5.26 Å². The largest absolute Gasteiger partial charge is 0.497 e. The molecule has 0 N–H and O–H groups in total. The lowest BCUT2D eigenvalue weighted by Gasteiger charge is -2.09. The van der Waals surface area contributed by atoms with Crippen molar-refractivity contribution in [3.63, 3.8) is 0 Å². The zero-order valence-corrected chi connectivity index (χ0v) is 10.1. The predicted octanol–water partition coefficient (Wildman–Crippen LogP) is 3.55. The van der Waals surface area contributed by atoms with Crippen LogP contribution in [0.4, 0.5) is 0 Å². The van der Waals surface area contributed by atoms with Gasteiger partial charge in [-0.3, -0.25) is 0 Å². The molecular weight excluding hydrogens is 210 g/mol.